The maximum atomic E-state index is 14.3. The van der Waals surface area contributed by atoms with Crippen molar-refractivity contribution in [3.63, 3.8) is 0 Å². The number of carboxylic acids is 2. The lowest BCUT2D eigenvalue weighted by Gasteiger charge is -2.25. The van der Waals surface area contributed by atoms with Gasteiger partial charge in [-0.3, -0.25) is 33.9 Å². The topological polar surface area (TPSA) is 244 Å². The molecule has 4 atom stereocenters. The predicted molar refractivity (Wildman–Crippen MR) is 192 cm³/mol. The number of carbonyl (C=O) groups is 5. The van der Waals surface area contributed by atoms with Crippen LogP contribution in [0.3, 0.4) is 0 Å². The highest BCUT2D eigenvalue weighted by atomic mass is 32.2. The van der Waals surface area contributed by atoms with Crippen LogP contribution in [0.2, 0.25) is 0 Å². The predicted octanol–water partition coefficient (Wildman–Crippen LogP) is 2.05. The van der Waals surface area contributed by atoms with E-state index in [1.807, 2.05) is 30.3 Å². The van der Waals surface area contributed by atoms with Crippen LogP contribution in [0.5, 0.6) is 11.5 Å². The normalized spacial score (nSPS) is 16.8. The van der Waals surface area contributed by atoms with Crippen molar-refractivity contribution < 1.29 is 44.4 Å². The molecule has 2 unspecified atom stereocenters. The molecule has 5 rings (SSSR count). The Morgan fingerprint density at radius 2 is 1.58 bits per heavy atom. The molecular weight excluding hydrogens is 692 g/mol. The molecular formula is C36H36N6O9S. The summed E-state index contributed by atoms with van der Waals surface area (Å²) in [6, 6.07) is 18.3. The number of amidine groups is 1. The lowest BCUT2D eigenvalue weighted by atomic mass is 10.0. The first-order chi connectivity index (χ1) is 24.9. The molecule has 0 spiro atoms. The first kappa shape index (κ1) is 37.3. The Bertz CT molecular complexity index is 1920. The first-order valence-corrected chi connectivity index (χ1v) is 17.2. The minimum atomic E-state index is -1.31. The van der Waals surface area contributed by atoms with Crippen molar-refractivity contribution in [2.45, 2.75) is 42.6 Å². The summed E-state index contributed by atoms with van der Waals surface area (Å²) in [5, 5.41) is 42.1. The number of carbonyl (C=O) groups excluding carboxylic acids is 3. The summed E-state index contributed by atoms with van der Waals surface area (Å²) in [5.41, 5.74) is 8.65. The van der Waals surface area contributed by atoms with E-state index in [2.05, 4.69) is 10.6 Å². The van der Waals surface area contributed by atoms with Crippen LogP contribution in [-0.2, 0) is 30.4 Å². The second kappa shape index (κ2) is 16.8. The number of amides is 3. The molecule has 270 valence electrons. The maximum absolute atomic E-state index is 14.3. The Labute approximate surface area is 302 Å². The Balaban J connectivity index is 1.47. The standard InChI is InChI=1S/C36H36N6O9S/c37-25(36(50)51)14-15-29(45)40-28(34(48)38-17-30(46)47)19-52-32(22-8-12-24(44)13-9-22)31-35(49)42-18-27(21-6-10-23(43)11-7-21)39-26(33(42)41-31)16-20-4-2-1-3-5-20/h1-13,18,25,28,31-32,43-44H,14-17,19,37H2,(H,38,48)(H,40,45)(H,46,47)(H,50,51)/t25-,28-,31?,32?/m0/s1. The molecule has 3 aromatic rings. The number of nitrogens with zero attached hydrogens (tertiary/aromatic N) is 3. The van der Waals surface area contributed by atoms with Crippen molar-refractivity contribution in [3.05, 3.63) is 102 Å². The van der Waals surface area contributed by atoms with Crippen LogP contribution in [0.1, 0.15) is 34.8 Å². The van der Waals surface area contributed by atoms with Gasteiger partial charge in [0.05, 0.1) is 16.7 Å². The number of hydrogen-bond donors (Lipinski definition) is 7. The van der Waals surface area contributed by atoms with Crippen molar-refractivity contribution in [2.75, 3.05) is 12.3 Å². The molecule has 0 radical (unpaired) electrons. The number of phenolic OH excluding ortho intramolecular Hbond substituents is 2. The smallest absolute Gasteiger partial charge is 0.322 e. The summed E-state index contributed by atoms with van der Waals surface area (Å²) >= 11 is 1.11. The number of aliphatic imine (C=N–C) groups is 2. The number of benzene rings is 3. The van der Waals surface area contributed by atoms with Crippen LogP contribution in [0, 0.1) is 0 Å². The van der Waals surface area contributed by atoms with Crippen LogP contribution in [0.25, 0.3) is 5.70 Å². The fourth-order valence-electron chi connectivity index (χ4n) is 5.44. The molecule has 52 heavy (non-hydrogen) atoms. The summed E-state index contributed by atoms with van der Waals surface area (Å²) in [7, 11) is 0. The molecule has 3 aromatic carbocycles. The Morgan fingerprint density at radius 1 is 0.923 bits per heavy atom. The van der Waals surface area contributed by atoms with E-state index in [1.165, 1.54) is 29.2 Å². The second-order valence-corrected chi connectivity index (χ2v) is 13.1. The number of nitrogens with one attached hydrogen (secondary N) is 2. The van der Waals surface area contributed by atoms with Gasteiger partial charge < -0.3 is 36.8 Å². The highest BCUT2D eigenvalue weighted by molar-refractivity contribution is 7.99. The molecule has 0 saturated carbocycles. The van der Waals surface area contributed by atoms with Gasteiger partial charge in [-0.2, -0.15) is 0 Å². The van der Waals surface area contributed by atoms with Crippen LogP contribution < -0.4 is 16.4 Å². The van der Waals surface area contributed by atoms with Crippen LogP contribution in [0.15, 0.2) is 95.0 Å². The van der Waals surface area contributed by atoms with E-state index in [0.717, 1.165) is 17.3 Å². The minimum Gasteiger partial charge on any atom is -0.508 e. The van der Waals surface area contributed by atoms with Gasteiger partial charge in [-0.25, -0.2) is 4.99 Å². The summed E-state index contributed by atoms with van der Waals surface area (Å²) in [6.45, 7) is -0.718. The van der Waals surface area contributed by atoms with Crippen molar-refractivity contribution in [2.24, 2.45) is 15.7 Å². The SMILES string of the molecule is N[C@@H](CCC(=O)N[C@@H](CSC(c1ccc(O)cc1)C1N=C2C(Cc3ccccc3)=NC(c3ccc(O)cc3)=CN2C1=O)C(=O)NCC(=O)O)C(=O)O. The third-order valence-corrected chi connectivity index (χ3v) is 9.55. The van der Waals surface area contributed by atoms with Gasteiger partial charge in [0.25, 0.3) is 5.91 Å². The number of carboxylic acid groups (broad SMARTS) is 2. The van der Waals surface area contributed by atoms with E-state index >= 15 is 0 Å². The van der Waals surface area contributed by atoms with Crippen molar-refractivity contribution >= 4 is 58.7 Å². The van der Waals surface area contributed by atoms with E-state index in [0.29, 0.717) is 34.8 Å². The van der Waals surface area contributed by atoms with Crippen molar-refractivity contribution in [1.29, 1.82) is 0 Å². The van der Waals surface area contributed by atoms with Gasteiger partial charge in [-0.05, 0) is 53.9 Å². The van der Waals surface area contributed by atoms with Gasteiger partial charge in [0.15, 0.2) is 5.84 Å². The fourth-order valence-corrected chi connectivity index (χ4v) is 6.78. The van der Waals surface area contributed by atoms with Crippen LogP contribution in [0.4, 0.5) is 0 Å². The number of aromatic hydroxyl groups is 2. The molecule has 16 heteroatoms. The monoisotopic (exact) mass is 728 g/mol. The number of nitrogens with two attached hydrogens (primary N) is 1. The summed E-state index contributed by atoms with van der Waals surface area (Å²) in [6.07, 6.45) is 1.40. The third-order valence-electron chi connectivity index (χ3n) is 8.14. The van der Waals surface area contributed by atoms with E-state index in [-0.39, 0.29) is 30.1 Å². The minimum absolute atomic E-state index is 0.0227. The van der Waals surface area contributed by atoms with Gasteiger partial charge in [0.1, 0.15) is 36.2 Å². The Morgan fingerprint density at radius 3 is 2.21 bits per heavy atom. The molecule has 2 aliphatic rings. The summed E-state index contributed by atoms with van der Waals surface area (Å²) in [4.78, 5) is 73.7. The molecule has 2 heterocycles. The molecule has 0 aromatic heterocycles. The number of thioether (sulfide) groups is 1. The van der Waals surface area contributed by atoms with E-state index in [1.54, 1.807) is 30.5 Å². The molecule has 3 amide bonds. The van der Waals surface area contributed by atoms with Gasteiger partial charge in [-0.15, -0.1) is 11.8 Å². The van der Waals surface area contributed by atoms with E-state index < -0.39 is 59.6 Å². The lowest BCUT2D eigenvalue weighted by molar-refractivity contribution is -0.139. The highest BCUT2D eigenvalue weighted by Gasteiger charge is 2.43. The molecule has 0 bridgehead atoms. The van der Waals surface area contributed by atoms with Crippen LogP contribution in [-0.4, -0.2) is 97.0 Å². The summed E-state index contributed by atoms with van der Waals surface area (Å²) in [5.74, 6) is -4.29. The zero-order chi connectivity index (χ0) is 37.4. The largest absolute Gasteiger partial charge is 0.508 e. The first-order valence-electron chi connectivity index (χ1n) is 16.1. The summed E-state index contributed by atoms with van der Waals surface area (Å²) < 4.78 is 0. The lowest BCUT2D eigenvalue weighted by Crippen LogP contribution is -2.49. The average Bonchev–Trinajstić information content (AvgIpc) is 3.46. The highest BCUT2D eigenvalue weighted by Crippen LogP contribution is 2.39. The van der Waals surface area contributed by atoms with E-state index in [9.17, 15) is 34.2 Å². The fraction of sp³-hybridized carbons (Fsp3) is 0.250. The third kappa shape index (κ3) is 9.41. The molecule has 8 N–H and O–H groups in total. The number of aliphatic carboxylic acids is 2. The van der Waals surface area contributed by atoms with E-state index in [4.69, 9.17) is 25.9 Å². The number of rotatable bonds is 16. The molecule has 0 saturated heterocycles. The van der Waals surface area contributed by atoms with Gasteiger partial charge >= 0.3 is 11.9 Å². The Kier molecular flexibility index (Phi) is 12.0. The number of phenols is 2. The second-order valence-electron chi connectivity index (χ2n) is 11.9. The molecule has 0 aliphatic carbocycles. The van der Waals surface area contributed by atoms with Gasteiger partial charge in [0.2, 0.25) is 11.8 Å². The molecule has 0 fully saturated rings. The average molecular weight is 729 g/mol. The van der Waals surface area contributed by atoms with Crippen LogP contribution >= 0.6 is 11.8 Å². The van der Waals surface area contributed by atoms with Gasteiger partial charge in [0, 0.05) is 30.4 Å². The van der Waals surface area contributed by atoms with Crippen molar-refractivity contribution in [3.8, 4) is 11.5 Å². The Hall–Kier alpha value is -6.00. The molecule has 2 aliphatic heterocycles. The number of hydrogen-bond acceptors (Lipinski definition) is 11. The van der Waals surface area contributed by atoms with Gasteiger partial charge in [-0.1, -0.05) is 42.5 Å². The zero-order valence-corrected chi connectivity index (χ0v) is 28.4. The molecule has 15 nitrogen and oxygen atoms in total. The zero-order valence-electron chi connectivity index (χ0n) is 27.6. The maximum Gasteiger partial charge on any atom is 0.322 e. The van der Waals surface area contributed by atoms with Crippen molar-refractivity contribution in [1.82, 2.24) is 15.5 Å². The quantitative estimate of drug-likeness (QED) is 0.113. The number of fused-ring (bicyclic) bond motifs is 1.